The number of aromatic hydroxyl groups is 1. The van der Waals surface area contributed by atoms with Crippen LogP contribution in [0.25, 0.3) is 0 Å². The SMILES string of the molecule is Cc1ccc(CNC(=O)c2nc3n(c(=O)c2O)CCOC3(C)C)c(OCC(=O)N2CCOCC2)c1. The Balaban J connectivity index is 1.48. The maximum absolute atomic E-state index is 12.9. The fourth-order valence-electron chi connectivity index (χ4n) is 4.07. The lowest BCUT2D eigenvalue weighted by Gasteiger charge is -2.32. The number of nitrogens with zero attached hydrogens (tertiary/aromatic N) is 3. The van der Waals surface area contributed by atoms with E-state index in [9.17, 15) is 19.5 Å². The summed E-state index contributed by atoms with van der Waals surface area (Å²) >= 11 is 0. The third-order valence-corrected chi connectivity index (χ3v) is 6.05. The van der Waals surface area contributed by atoms with Gasteiger partial charge in [-0.15, -0.1) is 0 Å². The molecule has 35 heavy (non-hydrogen) atoms. The van der Waals surface area contributed by atoms with E-state index >= 15 is 0 Å². The van der Waals surface area contributed by atoms with Gasteiger partial charge in [0.15, 0.2) is 12.3 Å². The molecule has 0 radical (unpaired) electrons. The molecule has 2 aliphatic heterocycles. The zero-order chi connectivity index (χ0) is 25.2. The molecule has 0 bridgehead atoms. The second-order valence-corrected chi connectivity index (χ2v) is 9.02. The van der Waals surface area contributed by atoms with Crippen LogP contribution in [0.3, 0.4) is 0 Å². The third-order valence-electron chi connectivity index (χ3n) is 6.05. The lowest BCUT2D eigenvalue weighted by molar-refractivity contribution is -0.137. The lowest BCUT2D eigenvalue weighted by atomic mass is 10.1. The number of benzene rings is 1. The Labute approximate surface area is 202 Å². The normalized spacial score (nSPS) is 16.9. The van der Waals surface area contributed by atoms with Crippen molar-refractivity contribution in [3.8, 4) is 11.5 Å². The molecule has 0 saturated carbocycles. The lowest BCUT2D eigenvalue weighted by Crippen LogP contribution is -2.43. The van der Waals surface area contributed by atoms with Crippen LogP contribution in [0.2, 0.25) is 0 Å². The molecule has 1 aromatic heterocycles. The number of hydrogen-bond acceptors (Lipinski definition) is 8. The van der Waals surface area contributed by atoms with Crippen molar-refractivity contribution in [3.63, 3.8) is 0 Å². The van der Waals surface area contributed by atoms with Gasteiger partial charge in [-0.25, -0.2) is 4.98 Å². The number of nitrogens with one attached hydrogen (secondary N) is 1. The van der Waals surface area contributed by atoms with Gasteiger partial charge in [0.1, 0.15) is 17.2 Å². The number of amides is 2. The van der Waals surface area contributed by atoms with Crippen molar-refractivity contribution in [2.45, 2.75) is 39.5 Å². The molecule has 2 aliphatic rings. The van der Waals surface area contributed by atoms with Crippen LogP contribution in [0.5, 0.6) is 11.5 Å². The number of aromatic nitrogens is 2. The first kappa shape index (κ1) is 24.7. The summed E-state index contributed by atoms with van der Waals surface area (Å²) in [5.74, 6) is -0.819. The highest BCUT2D eigenvalue weighted by Crippen LogP contribution is 2.27. The second kappa shape index (κ2) is 10.0. The highest BCUT2D eigenvalue weighted by atomic mass is 16.5. The van der Waals surface area contributed by atoms with Gasteiger partial charge < -0.3 is 29.5 Å². The van der Waals surface area contributed by atoms with E-state index in [0.29, 0.717) is 44.2 Å². The standard InChI is InChI=1S/C24H30N4O7/c1-15-4-5-16(17(12-15)34-14-18(29)27-6-9-33-10-7-27)13-25-21(31)19-20(30)22(32)28-8-11-35-24(2,3)23(28)26-19/h4-5,12,30H,6-11,13-14H2,1-3H3,(H,25,31). The van der Waals surface area contributed by atoms with Gasteiger partial charge >= 0.3 is 0 Å². The van der Waals surface area contributed by atoms with E-state index < -0.39 is 22.8 Å². The summed E-state index contributed by atoms with van der Waals surface area (Å²) in [6.45, 7) is 7.90. The predicted molar refractivity (Wildman–Crippen MR) is 124 cm³/mol. The van der Waals surface area contributed by atoms with Crippen LogP contribution < -0.4 is 15.6 Å². The van der Waals surface area contributed by atoms with Crippen LogP contribution >= 0.6 is 0 Å². The minimum absolute atomic E-state index is 0.0413. The van der Waals surface area contributed by atoms with Crippen LogP contribution in [0.15, 0.2) is 23.0 Å². The van der Waals surface area contributed by atoms with Crippen LogP contribution in [-0.2, 0) is 33.0 Å². The molecule has 11 nitrogen and oxygen atoms in total. The van der Waals surface area contributed by atoms with Gasteiger partial charge in [-0.1, -0.05) is 12.1 Å². The fraction of sp³-hybridized carbons (Fsp3) is 0.500. The molecule has 11 heteroatoms. The summed E-state index contributed by atoms with van der Waals surface area (Å²) in [6, 6.07) is 5.43. The Morgan fingerprint density at radius 1 is 1.20 bits per heavy atom. The highest BCUT2D eigenvalue weighted by Gasteiger charge is 2.34. The van der Waals surface area contributed by atoms with Crippen molar-refractivity contribution < 1.29 is 28.9 Å². The number of morpholine rings is 1. The Kier molecular flexibility index (Phi) is 7.08. The molecule has 2 amide bonds. The maximum atomic E-state index is 12.9. The number of rotatable bonds is 6. The molecule has 0 unspecified atom stereocenters. The van der Waals surface area contributed by atoms with Gasteiger partial charge in [-0.3, -0.25) is 19.0 Å². The summed E-state index contributed by atoms with van der Waals surface area (Å²) in [5, 5.41) is 13.1. The maximum Gasteiger partial charge on any atom is 0.296 e. The summed E-state index contributed by atoms with van der Waals surface area (Å²) in [4.78, 5) is 44.0. The first-order chi connectivity index (χ1) is 16.7. The summed E-state index contributed by atoms with van der Waals surface area (Å²) in [6.07, 6.45) is 0. The van der Waals surface area contributed by atoms with Gasteiger partial charge in [0.05, 0.1) is 26.4 Å². The molecule has 1 aromatic carbocycles. The second-order valence-electron chi connectivity index (χ2n) is 9.02. The van der Waals surface area contributed by atoms with Gasteiger partial charge in [-0.2, -0.15) is 0 Å². The van der Waals surface area contributed by atoms with E-state index in [2.05, 4.69) is 10.3 Å². The Morgan fingerprint density at radius 3 is 2.69 bits per heavy atom. The first-order valence-electron chi connectivity index (χ1n) is 11.5. The molecular weight excluding hydrogens is 456 g/mol. The molecule has 1 saturated heterocycles. The molecule has 4 rings (SSSR count). The molecular formula is C24H30N4O7. The monoisotopic (exact) mass is 486 g/mol. The van der Waals surface area contributed by atoms with Crippen molar-refractivity contribution in [1.29, 1.82) is 0 Å². The van der Waals surface area contributed by atoms with Crippen molar-refractivity contribution in [3.05, 3.63) is 51.2 Å². The molecule has 2 N–H and O–H groups in total. The molecule has 188 valence electrons. The van der Waals surface area contributed by atoms with E-state index in [1.165, 1.54) is 4.57 Å². The number of ether oxygens (including phenoxy) is 3. The molecule has 3 heterocycles. The van der Waals surface area contributed by atoms with Crippen LogP contribution in [0.1, 0.15) is 41.3 Å². The van der Waals surface area contributed by atoms with Crippen LogP contribution in [-0.4, -0.2) is 70.9 Å². The van der Waals surface area contributed by atoms with E-state index in [0.717, 1.165) is 5.56 Å². The smallest absolute Gasteiger partial charge is 0.296 e. The minimum atomic E-state index is -0.884. The van der Waals surface area contributed by atoms with Gasteiger partial charge in [0.25, 0.3) is 17.4 Å². The van der Waals surface area contributed by atoms with Crippen molar-refractivity contribution in [2.75, 3.05) is 39.5 Å². The Bertz CT molecular complexity index is 1190. The molecule has 0 atom stereocenters. The zero-order valence-corrected chi connectivity index (χ0v) is 20.1. The Morgan fingerprint density at radius 2 is 1.94 bits per heavy atom. The predicted octanol–water partition coefficient (Wildman–Crippen LogP) is 0.690. The third kappa shape index (κ3) is 5.30. The molecule has 0 spiro atoms. The van der Waals surface area contributed by atoms with Gasteiger partial charge in [0.2, 0.25) is 5.75 Å². The van der Waals surface area contributed by atoms with E-state index in [1.54, 1.807) is 30.9 Å². The first-order valence-corrected chi connectivity index (χ1v) is 11.5. The molecule has 2 aromatic rings. The number of hydrogen-bond donors (Lipinski definition) is 2. The van der Waals surface area contributed by atoms with Crippen molar-refractivity contribution >= 4 is 11.8 Å². The minimum Gasteiger partial charge on any atom is -0.501 e. The van der Waals surface area contributed by atoms with Gasteiger partial charge in [-0.05, 0) is 32.4 Å². The average Bonchev–Trinajstić information content (AvgIpc) is 2.84. The number of aryl methyl sites for hydroxylation is 1. The number of carbonyl (C=O) groups excluding carboxylic acids is 2. The van der Waals surface area contributed by atoms with Crippen LogP contribution in [0.4, 0.5) is 0 Å². The van der Waals surface area contributed by atoms with E-state index in [1.807, 2.05) is 13.0 Å². The zero-order valence-electron chi connectivity index (χ0n) is 20.1. The quantitative estimate of drug-likeness (QED) is 0.610. The molecule has 0 aliphatic carbocycles. The Hall–Kier alpha value is -3.44. The largest absolute Gasteiger partial charge is 0.501 e. The average molecular weight is 487 g/mol. The number of carbonyl (C=O) groups is 2. The van der Waals surface area contributed by atoms with E-state index in [-0.39, 0.29) is 37.1 Å². The number of fused-ring (bicyclic) bond motifs is 1. The topological polar surface area (TPSA) is 132 Å². The molecule has 1 fully saturated rings. The van der Waals surface area contributed by atoms with Crippen molar-refractivity contribution in [1.82, 2.24) is 19.8 Å². The van der Waals surface area contributed by atoms with Crippen molar-refractivity contribution in [2.24, 2.45) is 0 Å². The summed E-state index contributed by atoms with van der Waals surface area (Å²) < 4.78 is 18.1. The van der Waals surface area contributed by atoms with E-state index in [4.69, 9.17) is 14.2 Å². The fourth-order valence-corrected chi connectivity index (χ4v) is 4.07. The summed E-state index contributed by atoms with van der Waals surface area (Å²) in [5.41, 5.74) is -0.366. The van der Waals surface area contributed by atoms with Gasteiger partial charge in [0, 0.05) is 25.2 Å². The summed E-state index contributed by atoms with van der Waals surface area (Å²) in [7, 11) is 0. The highest BCUT2D eigenvalue weighted by molar-refractivity contribution is 5.94. The van der Waals surface area contributed by atoms with Crippen LogP contribution in [0, 0.1) is 6.92 Å².